The van der Waals surface area contributed by atoms with Crippen LogP contribution in [-0.2, 0) is 19.8 Å². The van der Waals surface area contributed by atoms with Gasteiger partial charge in [0.15, 0.2) is 0 Å². The number of benzene rings is 1. The van der Waals surface area contributed by atoms with Crippen LogP contribution in [0.15, 0.2) is 23.2 Å². The zero-order valence-electron chi connectivity index (χ0n) is 17.1. The molecule has 0 radical (unpaired) electrons. The van der Waals surface area contributed by atoms with Gasteiger partial charge in [0.05, 0.1) is 35.7 Å². The number of aliphatic hydroxyl groups is 1. The largest absolute Gasteiger partial charge is 0.460 e. The van der Waals surface area contributed by atoms with Crippen molar-refractivity contribution in [1.82, 2.24) is 0 Å². The monoisotopic (exact) mass is 440 g/mol. The summed E-state index contributed by atoms with van der Waals surface area (Å²) < 4.78 is 26.0. The van der Waals surface area contributed by atoms with Gasteiger partial charge in [-0.05, 0) is 33.3 Å². The molecule has 8 nitrogen and oxygen atoms in total. The quantitative estimate of drug-likeness (QED) is 0.425. The van der Waals surface area contributed by atoms with E-state index >= 15 is 0 Å². The lowest BCUT2D eigenvalue weighted by atomic mass is 9.75. The molecule has 0 bridgehead atoms. The Hall–Kier alpha value is -2.04. The van der Waals surface area contributed by atoms with Crippen LogP contribution in [0.3, 0.4) is 0 Å². The predicted octanol–water partition coefficient (Wildman–Crippen LogP) is 3.20. The molecule has 3 atom stereocenters. The third kappa shape index (κ3) is 4.81. The SMILES string of the molecule is CC(C)(C)OC(=O)CC1=N[C@@]2(c3cc([N+](=O)[O-])ccc3F)CO[C@@H](CO)C[C@H]2CS1. The standard InChI is InChI=1S/C20H25FN2O6S/c1-19(2,3)29-18(25)8-17-22-20(11-28-14(9-24)6-12(20)10-30-17)15-7-13(23(26)27)4-5-16(15)21/h4-5,7,12,14,24H,6,8-11H2,1-3H3/t12-,14+,20-/m0/s1. The highest BCUT2D eigenvalue weighted by molar-refractivity contribution is 8.14. The molecule has 164 valence electrons. The van der Waals surface area contributed by atoms with Gasteiger partial charge in [-0.2, -0.15) is 0 Å². The highest BCUT2D eigenvalue weighted by Gasteiger charge is 2.50. The Labute approximate surface area is 178 Å². The molecule has 0 unspecified atom stereocenters. The van der Waals surface area contributed by atoms with E-state index in [0.29, 0.717) is 17.2 Å². The minimum absolute atomic E-state index is 0.0423. The number of thioether (sulfide) groups is 1. The number of fused-ring (bicyclic) bond motifs is 1. The molecule has 2 aliphatic rings. The van der Waals surface area contributed by atoms with Gasteiger partial charge >= 0.3 is 5.97 Å². The minimum Gasteiger partial charge on any atom is -0.460 e. The second kappa shape index (κ2) is 8.60. The number of non-ortho nitro benzene ring substituents is 1. The van der Waals surface area contributed by atoms with Crippen LogP contribution in [0, 0.1) is 21.8 Å². The van der Waals surface area contributed by atoms with Crippen molar-refractivity contribution < 1.29 is 28.7 Å². The number of nitrogens with zero attached hydrogens (tertiary/aromatic N) is 2. The fourth-order valence-corrected chi connectivity index (χ4v) is 5.01. The Bertz CT molecular complexity index is 871. The van der Waals surface area contributed by atoms with Crippen molar-refractivity contribution in [3.8, 4) is 0 Å². The van der Waals surface area contributed by atoms with Crippen molar-refractivity contribution in [1.29, 1.82) is 0 Å². The van der Waals surface area contributed by atoms with Crippen molar-refractivity contribution in [2.75, 3.05) is 19.0 Å². The number of aliphatic imine (C=N–C) groups is 1. The first-order chi connectivity index (χ1) is 14.0. The Balaban J connectivity index is 2.02. The van der Waals surface area contributed by atoms with Crippen molar-refractivity contribution in [3.63, 3.8) is 0 Å². The van der Waals surface area contributed by atoms with Crippen LogP contribution in [0.4, 0.5) is 10.1 Å². The molecular formula is C20H25FN2O6S. The Kier molecular flexibility index (Phi) is 6.49. The van der Waals surface area contributed by atoms with Crippen LogP contribution in [-0.4, -0.2) is 51.7 Å². The molecule has 0 saturated carbocycles. The molecule has 0 aliphatic carbocycles. The lowest BCUT2D eigenvalue weighted by Gasteiger charge is -2.46. The fraction of sp³-hybridized carbons (Fsp3) is 0.600. The van der Waals surface area contributed by atoms with E-state index < -0.39 is 34.0 Å². The van der Waals surface area contributed by atoms with E-state index in [0.717, 1.165) is 12.1 Å². The van der Waals surface area contributed by atoms with Crippen LogP contribution >= 0.6 is 11.8 Å². The third-order valence-corrected chi connectivity index (χ3v) is 6.22. The summed E-state index contributed by atoms with van der Waals surface area (Å²) >= 11 is 1.38. The number of hydrogen-bond acceptors (Lipinski definition) is 8. The molecule has 0 aromatic heterocycles. The van der Waals surface area contributed by atoms with E-state index in [1.165, 1.54) is 17.8 Å². The van der Waals surface area contributed by atoms with Gasteiger partial charge in [-0.1, -0.05) is 0 Å². The van der Waals surface area contributed by atoms with Gasteiger partial charge in [-0.25, -0.2) is 4.39 Å². The average molecular weight is 440 g/mol. The molecule has 3 rings (SSSR count). The Morgan fingerprint density at radius 3 is 2.87 bits per heavy atom. The number of carbonyl (C=O) groups is 1. The minimum atomic E-state index is -1.20. The molecule has 1 saturated heterocycles. The molecule has 2 heterocycles. The first kappa shape index (κ1) is 22.6. The highest BCUT2D eigenvalue weighted by Crippen LogP contribution is 2.48. The first-order valence-electron chi connectivity index (χ1n) is 9.64. The van der Waals surface area contributed by atoms with Crippen LogP contribution in [0.2, 0.25) is 0 Å². The van der Waals surface area contributed by atoms with E-state index in [1.807, 2.05) is 0 Å². The Morgan fingerprint density at radius 1 is 1.50 bits per heavy atom. The van der Waals surface area contributed by atoms with Gasteiger partial charge in [-0.15, -0.1) is 11.8 Å². The summed E-state index contributed by atoms with van der Waals surface area (Å²) in [7, 11) is 0. The average Bonchev–Trinajstić information content (AvgIpc) is 2.66. The van der Waals surface area contributed by atoms with E-state index in [9.17, 15) is 24.4 Å². The molecule has 0 spiro atoms. The van der Waals surface area contributed by atoms with Crippen molar-refractivity contribution in [2.45, 2.75) is 50.9 Å². The third-order valence-electron chi connectivity index (χ3n) is 5.08. The number of halogens is 1. The number of aliphatic hydroxyl groups excluding tert-OH is 1. The van der Waals surface area contributed by atoms with E-state index in [-0.39, 0.29) is 36.8 Å². The second-order valence-corrected chi connectivity index (χ2v) is 9.57. The number of nitro benzene ring substituents is 1. The van der Waals surface area contributed by atoms with Gasteiger partial charge in [0.1, 0.15) is 17.0 Å². The van der Waals surface area contributed by atoms with Crippen LogP contribution in [0.1, 0.15) is 39.2 Å². The van der Waals surface area contributed by atoms with Crippen LogP contribution in [0.25, 0.3) is 0 Å². The van der Waals surface area contributed by atoms with Crippen molar-refractivity contribution in [2.24, 2.45) is 10.9 Å². The number of hydrogen-bond donors (Lipinski definition) is 1. The summed E-state index contributed by atoms with van der Waals surface area (Å²) in [4.78, 5) is 27.7. The predicted molar refractivity (Wildman–Crippen MR) is 110 cm³/mol. The summed E-state index contributed by atoms with van der Waals surface area (Å²) in [5.41, 5.74) is -2.03. The summed E-state index contributed by atoms with van der Waals surface area (Å²) in [5.74, 6) is -0.771. The number of carbonyl (C=O) groups excluding carboxylic acids is 1. The normalized spacial score (nSPS) is 26.5. The number of esters is 1. The number of ether oxygens (including phenoxy) is 2. The zero-order chi connectivity index (χ0) is 22.1. The molecule has 1 aromatic rings. The molecule has 1 fully saturated rings. The maximum absolute atomic E-state index is 14.9. The summed E-state index contributed by atoms with van der Waals surface area (Å²) in [6, 6.07) is 3.35. The molecule has 30 heavy (non-hydrogen) atoms. The first-order valence-corrected chi connectivity index (χ1v) is 10.6. The number of rotatable bonds is 5. The topological polar surface area (TPSA) is 111 Å². The molecule has 1 N–H and O–H groups in total. The summed E-state index contributed by atoms with van der Waals surface area (Å²) in [6.45, 7) is 5.07. The van der Waals surface area contributed by atoms with Gasteiger partial charge in [0.2, 0.25) is 0 Å². The Morgan fingerprint density at radius 2 is 2.23 bits per heavy atom. The number of nitro groups is 1. The van der Waals surface area contributed by atoms with Crippen LogP contribution in [0.5, 0.6) is 0 Å². The van der Waals surface area contributed by atoms with Gasteiger partial charge in [0.25, 0.3) is 5.69 Å². The smallest absolute Gasteiger partial charge is 0.312 e. The van der Waals surface area contributed by atoms with Gasteiger partial charge in [-0.3, -0.25) is 19.9 Å². The van der Waals surface area contributed by atoms with E-state index in [1.54, 1.807) is 20.8 Å². The lowest BCUT2D eigenvalue weighted by molar-refractivity contribution is -0.385. The van der Waals surface area contributed by atoms with Crippen molar-refractivity contribution >= 4 is 28.5 Å². The van der Waals surface area contributed by atoms with Crippen molar-refractivity contribution in [3.05, 3.63) is 39.7 Å². The zero-order valence-corrected chi connectivity index (χ0v) is 17.9. The van der Waals surface area contributed by atoms with E-state index in [4.69, 9.17) is 14.5 Å². The lowest BCUT2D eigenvalue weighted by Crippen LogP contribution is -2.50. The molecular weight excluding hydrogens is 415 g/mol. The fourth-order valence-electron chi connectivity index (χ4n) is 3.76. The molecule has 0 amide bonds. The summed E-state index contributed by atoms with van der Waals surface area (Å²) in [5, 5.41) is 21.2. The summed E-state index contributed by atoms with van der Waals surface area (Å²) in [6.07, 6.45) is -0.0568. The second-order valence-electron chi connectivity index (χ2n) is 8.47. The van der Waals surface area contributed by atoms with Gasteiger partial charge in [0, 0.05) is 29.4 Å². The maximum Gasteiger partial charge on any atom is 0.312 e. The van der Waals surface area contributed by atoms with Gasteiger partial charge < -0.3 is 14.6 Å². The highest BCUT2D eigenvalue weighted by atomic mass is 32.2. The van der Waals surface area contributed by atoms with E-state index in [2.05, 4.69) is 0 Å². The molecule has 2 aliphatic heterocycles. The molecule has 1 aromatic carbocycles. The maximum atomic E-state index is 14.9. The van der Waals surface area contributed by atoms with Crippen LogP contribution < -0.4 is 0 Å². The molecule has 10 heteroatoms.